The fraction of sp³-hybridized carbons (Fsp3) is 0.212. The topological polar surface area (TPSA) is 30.7 Å². The number of rotatable bonds is 7. The highest BCUT2D eigenvalue weighted by Gasteiger charge is 2.24. The fourth-order valence-electron chi connectivity index (χ4n) is 4.83. The van der Waals surface area contributed by atoms with Gasteiger partial charge in [0.2, 0.25) is 0 Å². The van der Waals surface area contributed by atoms with Crippen LogP contribution in [-0.4, -0.2) is 14.8 Å². The molecule has 4 aromatic carbocycles. The molecule has 0 saturated carbocycles. The summed E-state index contributed by atoms with van der Waals surface area (Å²) < 4.78 is 2.32. The van der Waals surface area contributed by atoms with Crippen molar-refractivity contribution < 1.29 is 0 Å². The molecule has 0 radical (unpaired) electrons. The second-order valence-electron chi connectivity index (χ2n) is 9.98. The quantitative estimate of drug-likeness (QED) is 0.238. The minimum atomic E-state index is 0.330. The number of aromatic nitrogens is 3. The van der Waals surface area contributed by atoms with Gasteiger partial charge in [-0.2, -0.15) is 0 Å². The van der Waals surface area contributed by atoms with Gasteiger partial charge in [0.05, 0.1) is 5.69 Å². The molecule has 0 atom stereocenters. The molecular weight excluding hydrogens is 438 g/mol. The van der Waals surface area contributed by atoms with E-state index in [2.05, 4.69) is 129 Å². The van der Waals surface area contributed by atoms with Crippen LogP contribution < -0.4 is 0 Å². The summed E-state index contributed by atoms with van der Waals surface area (Å²) in [4.78, 5) is 0. The maximum Gasteiger partial charge on any atom is 0.168 e. The third kappa shape index (κ3) is 4.74. The molecular formula is C33H33N3. The highest BCUT2D eigenvalue weighted by Crippen LogP contribution is 2.38. The molecule has 0 saturated heterocycles. The lowest BCUT2D eigenvalue weighted by Crippen LogP contribution is -2.12. The van der Waals surface area contributed by atoms with Crippen LogP contribution in [0.3, 0.4) is 0 Å². The fourth-order valence-corrected chi connectivity index (χ4v) is 4.83. The van der Waals surface area contributed by atoms with E-state index in [0.29, 0.717) is 11.8 Å². The molecule has 0 aliphatic carbocycles. The Morgan fingerprint density at radius 3 is 1.61 bits per heavy atom. The first kappa shape index (κ1) is 23.7. The predicted molar refractivity (Wildman–Crippen MR) is 150 cm³/mol. The predicted octanol–water partition coefficient (Wildman–Crippen LogP) is 8.44. The van der Waals surface area contributed by atoms with Gasteiger partial charge in [-0.05, 0) is 51.8 Å². The zero-order chi connectivity index (χ0) is 25.1. The summed E-state index contributed by atoms with van der Waals surface area (Å²) in [6.07, 6.45) is 0.718. The van der Waals surface area contributed by atoms with Crippen molar-refractivity contribution in [2.45, 2.75) is 46.0 Å². The molecule has 3 nitrogen and oxygen atoms in total. The summed E-state index contributed by atoms with van der Waals surface area (Å²) in [5, 5.41) is 9.51. The van der Waals surface area contributed by atoms with E-state index in [1.165, 1.54) is 33.5 Å². The van der Waals surface area contributed by atoms with E-state index in [9.17, 15) is 0 Å². The molecule has 0 spiro atoms. The van der Waals surface area contributed by atoms with Crippen molar-refractivity contribution in [2.24, 2.45) is 0 Å². The molecule has 0 amide bonds. The van der Waals surface area contributed by atoms with E-state index >= 15 is 0 Å². The maximum absolute atomic E-state index is 4.76. The third-order valence-electron chi connectivity index (χ3n) is 6.71. The minimum Gasteiger partial charge on any atom is -0.278 e. The number of nitrogens with zero attached hydrogens (tertiary/aromatic N) is 3. The van der Waals surface area contributed by atoms with Crippen molar-refractivity contribution in [3.05, 3.63) is 126 Å². The lowest BCUT2D eigenvalue weighted by atomic mass is 9.88. The Balaban J connectivity index is 1.80. The lowest BCUT2D eigenvalue weighted by molar-refractivity contribution is 0.792. The van der Waals surface area contributed by atoms with Gasteiger partial charge < -0.3 is 0 Å². The molecule has 0 unspecified atom stereocenters. The van der Waals surface area contributed by atoms with E-state index in [-0.39, 0.29) is 0 Å². The smallest absolute Gasteiger partial charge is 0.168 e. The van der Waals surface area contributed by atoms with Crippen molar-refractivity contribution in [3.8, 4) is 28.2 Å². The van der Waals surface area contributed by atoms with Gasteiger partial charge in [0.1, 0.15) is 5.82 Å². The number of benzene rings is 4. The van der Waals surface area contributed by atoms with Crippen LogP contribution in [0.15, 0.2) is 103 Å². The number of hydrogen-bond donors (Lipinski definition) is 0. The first-order valence-corrected chi connectivity index (χ1v) is 12.8. The van der Waals surface area contributed by atoms with E-state index in [1.54, 1.807) is 0 Å². The zero-order valence-electron chi connectivity index (χ0n) is 21.5. The van der Waals surface area contributed by atoms with Crippen LogP contribution in [0, 0.1) is 0 Å². The van der Waals surface area contributed by atoms with Crippen molar-refractivity contribution in [2.75, 3.05) is 0 Å². The van der Waals surface area contributed by atoms with Gasteiger partial charge in [-0.1, -0.05) is 119 Å². The molecule has 1 heterocycles. The van der Waals surface area contributed by atoms with Gasteiger partial charge in [0, 0.05) is 12.0 Å². The number of hydrogen-bond acceptors (Lipinski definition) is 2. The summed E-state index contributed by atoms with van der Waals surface area (Å²) in [5.74, 6) is 2.50. The summed E-state index contributed by atoms with van der Waals surface area (Å²) in [5.41, 5.74) is 8.63. The maximum atomic E-state index is 4.76. The monoisotopic (exact) mass is 471 g/mol. The Labute approximate surface area is 214 Å². The van der Waals surface area contributed by atoms with Crippen LogP contribution >= 0.6 is 0 Å². The zero-order valence-corrected chi connectivity index (χ0v) is 21.5. The third-order valence-corrected chi connectivity index (χ3v) is 6.71. The second kappa shape index (κ2) is 10.3. The molecule has 0 fully saturated rings. The van der Waals surface area contributed by atoms with Crippen molar-refractivity contribution in [3.63, 3.8) is 0 Å². The van der Waals surface area contributed by atoms with Crippen molar-refractivity contribution >= 4 is 0 Å². The highest BCUT2D eigenvalue weighted by molar-refractivity contribution is 5.71. The first-order chi connectivity index (χ1) is 17.5. The van der Waals surface area contributed by atoms with Gasteiger partial charge in [0.15, 0.2) is 5.82 Å². The van der Waals surface area contributed by atoms with Gasteiger partial charge in [-0.25, -0.2) is 0 Å². The van der Waals surface area contributed by atoms with E-state index < -0.39 is 0 Å². The normalized spacial score (nSPS) is 11.4. The molecule has 180 valence electrons. The van der Waals surface area contributed by atoms with Gasteiger partial charge in [-0.15, -0.1) is 10.2 Å². The van der Waals surface area contributed by atoms with Crippen LogP contribution in [0.4, 0.5) is 0 Å². The SMILES string of the molecule is CC(C)c1cc(-c2ccccc2)cc(C(C)C)c1-n1c(Cc2ccccc2)nnc1-c1ccccc1. The Morgan fingerprint density at radius 1 is 0.583 bits per heavy atom. The van der Waals surface area contributed by atoms with E-state index in [0.717, 1.165) is 23.6 Å². The van der Waals surface area contributed by atoms with Crippen LogP contribution in [0.25, 0.3) is 28.2 Å². The van der Waals surface area contributed by atoms with Crippen LogP contribution in [0.1, 0.15) is 62.0 Å². The summed E-state index contributed by atoms with van der Waals surface area (Å²) in [6, 6.07) is 36.4. The molecule has 5 aromatic rings. The van der Waals surface area contributed by atoms with Gasteiger partial charge in [0.25, 0.3) is 0 Å². The Kier molecular flexibility index (Phi) is 6.81. The van der Waals surface area contributed by atoms with Crippen molar-refractivity contribution in [1.29, 1.82) is 0 Å². The van der Waals surface area contributed by atoms with Crippen molar-refractivity contribution in [1.82, 2.24) is 14.8 Å². The summed E-state index contributed by atoms with van der Waals surface area (Å²) >= 11 is 0. The highest BCUT2D eigenvalue weighted by atomic mass is 15.3. The Hall–Kier alpha value is -3.98. The van der Waals surface area contributed by atoms with E-state index in [1.807, 2.05) is 6.07 Å². The standard InChI is InChI=1S/C33H33N3/c1-23(2)29-21-28(26-16-10-6-11-17-26)22-30(24(3)4)32(29)36-31(20-25-14-8-5-9-15-25)34-35-33(36)27-18-12-7-13-19-27/h5-19,21-24H,20H2,1-4H3. The lowest BCUT2D eigenvalue weighted by Gasteiger charge is -2.24. The van der Waals surface area contributed by atoms with Crippen LogP contribution in [0.5, 0.6) is 0 Å². The first-order valence-electron chi connectivity index (χ1n) is 12.8. The molecule has 0 N–H and O–H groups in total. The van der Waals surface area contributed by atoms with Crippen LogP contribution in [-0.2, 0) is 6.42 Å². The molecule has 36 heavy (non-hydrogen) atoms. The van der Waals surface area contributed by atoms with Crippen LogP contribution in [0.2, 0.25) is 0 Å². The Bertz CT molecular complexity index is 1400. The average molecular weight is 472 g/mol. The average Bonchev–Trinajstić information content (AvgIpc) is 3.32. The summed E-state index contributed by atoms with van der Waals surface area (Å²) in [6.45, 7) is 9.12. The molecule has 0 aliphatic rings. The molecule has 0 bridgehead atoms. The Morgan fingerprint density at radius 2 is 1.08 bits per heavy atom. The van der Waals surface area contributed by atoms with Gasteiger partial charge in [-0.3, -0.25) is 4.57 Å². The second-order valence-corrected chi connectivity index (χ2v) is 9.98. The van der Waals surface area contributed by atoms with Gasteiger partial charge >= 0.3 is 0 Å². The summed E-state index contributed by atoms with van der Waals surface area (Å²) in [7, 11) is 0. The molecule has 1 aromatic heterocycles. The molecule has 3 heteroatoms. The minimum absolute atomic E-state index is 0.330. The largest absolute Gasteiger partial charge is 0.278 e. The molecule has 5 rings (SSSR count). The molecule has 0 aliphatic heterocycles. The van der Waals surface area contributed by atoms with E-state index in [4.69, 9.17) is 10.2 Å².